The number of nitrogens with zero attached hydrogens (tertiary/aromatic N) is 3. The van der Waals surface area contributed by atoms with Crippen LogP contribution in [-0.2, 0) is 16.1 Å². The number of carboxylic acids is 2. The van der Waals surface area contributed by atoms with E-state index in [1.54, 1.807) is 0 Å². The van der Waals surface area contributed by atoms with Gasteiger partial charge in [0.05, 0.1) is 5.69 Å². The van der Waals surface area contributed by atoms with Gasteiger partial charge in [-0.2, -0.15) is 13.2 Å². The largest absolute Gasteiger partial charge is 0.482 e. The molecule has 0 spiro atoms. The third-order valence-electron chi connectivity index (χ3n) is 5.27. The number of piperazine rings is 1. The van der Waals surface area contributed by atoms with E-state index in [1.807, 2.05) is 4.90 Å². The molecule has 0 atom stereocenters. The summed E-state index contributed by atoms with van der Waals surface area (Å²) >= 11 is 5.74. The van der Waals surface area contributed by atoms with Crippen molar-refractivity contribution < 1.29 is 42.1 Å². The molecular formula is C23H25ClF4N4O7. The number of hydrogen-bond acceptors (Lipinski definition) is 7. The van der Waals surface area contributed by atoms with E-state index in [0.29, 0.717) is 57.0 Å². The van der Waals surface area contributed by atoms with Crippen LogP contribution in [0.1, 0.15) is 6.42 Å². The molecule has 1 fully saturated rings. The fourth-order valence-electron chi connectivity index (χ4n) is 3.52. The number of ether oxygens (including phenoxy) is 1. The normalized spacial score (nSPS) is 14.1. The summed E-state index contributed by atoms with van der Waals surface area (Å²) in [5.74, 6) is -3.34. The van der Waals surface area contributed by atoms with E-state index in [2.05, 4.69) is 9.88 Å². The van der Waals surface area contributed by atoms with E-state index >= 15 is 0 Å². The molecular weight excluding hydrogens is 556 g/mol. The third-order valence-corrected chi connectivity index (χ3v) is 5.54. The molecule has 0 aliphatic carbocycles. The molecule has 0 bridgehead atoms. The Morgan fingerprint density at radius 3 is 2.23 bits per heavy atom. The summed E-state index contributed by atoms with van der Waals surface area (Å²) in [5, 5.41) is 15.6. The van der Waals surface area contributed by atoms with Crippen molar-refractivity contribution in [2.24, 2.45) is 0 Å². The van der Waals surface area contributed by atoms with Crippen LogP contribution in [0.3, 0.4) is 0 Å². The number of aromatic nitrogens is 2. The lowest BCUT2D eigenvalue weighted by atomic mass is 10.2. The van der Waals surface area contributed by atoms with Crippen molar-refractivity contribution in [2.75, 3.05) is 44.2 Å². The summed E-state index contributed by atoms with van der Waals surface area (Å²) in [6.07, 6.45) is -1.70. The minimum atomic E-state index is -4.52. The standard InChI is InChI=1S/C19H21ClF4N4O3.C4H4O4/c20-14-11-25-18(30)28(17(14)29)5-1-4-26-6-8-27(9-7-26)15-3-2-13(21)10-16(15)31-12-19(22,23)24;5-3(6)1-2-4(7)8/h2-3,10-11H,1,4-9,12H2,(H,25,30);1-2H,(H,5,6)(H,7,8). The number of hydrogen-bond donors (Lipinski definition) is 3. The zero-order valence-corrected chi connectivity index (χ0v) is 21.0. The first kappa shape index (κ1) is 31.4. The quantitative estimate of drug-likeness (QED) is 0.300. The summed E-state index contributed by atoms with van der Waals surface area (Å²) in [4.78, 5) is 49.1. The van der Waals surface area contributed by atoms with Gasteiger partial charge in [-0.1, -0.05) is 11.6 Å². The average Bonchev–Trinajstić information content (AvgIpc) is 2.86. The zero-order valence-electron chi connectivity index (χ0n) is 20.3. The number of carboxylic acid groups (broad SMARTS) is 2. The van der Waals surface area contributed by atoms with E-state index in [1.165, 1.54) is 12.1 Å². The van der Waals surface area contributed by atoms with Gasteiger partial charge >= 0.3 is 23.8 Å². The van der Waals surface area contributed by atoms with Gasteiger partial charge in [0.2, 0.25) is 0 Å². The van der Waals surface area contributed by atoms with E-state index in [9.17, 15) is 36.7 Å². The highest BCUT2D eigenvalue weighted by Gasteiger charge is 2.29. The Morgan fingerprint density at radius 2 is 1.67 bits per heavy atom. The smallest absolute Gasteiger partial charge is 0.422 e. The predicted octanol–water partition coefficient (Wildman–Crippen LogP) is 2.19. The van der Waals surface area contributed by atoms with Crippen LogP contribution in [0.15, 0.2) is 46.1 Å². The number of rotatable bonds is 9. The van der Waals surface area contributed by atoms with Gasteiger partial charge in [-0.3, -0.25) is 14.3 Å². The number of nitrogens with one attached hydrogen (secondary N) is 1. The first-order valence-corrected chi connectivity index (χ1v) is 11.7. The van der Waals surface area contributed by atoms with Crippen molar-refractivity contribution in [3.63, 3.8) is 0 Å². The predicted molar refractivity (Wildman–Crippen MR) is 132 cm³/mol. The summed E-state index contributed by atoms with van der Waals surface area (Å²) < 4.78 is 56.8. The second kappa shape index (κ2) is 14.3. The maximum Gasteiger partial charge on any atom is 0.422 e. The van der Waals surface area contributed by atoms with Crippen LogP contribution in [0.25, 0.3) is 0 Å². The van der Waals surface area contributed by atoms with E-state index < -0.39 is 41.8 Å². The summed E-state index contributed by atoms with van der Waals surface area (Å²) in [6.45, 7) is 1.56. The van der Waals surface area contributed by atoms with Crippen molar-refractivity contribution in [1.29, 1.82) is 0 Å². The fourth-order valence-corrected chi connectivity index (χ4v) is 3.68. The molecule has 0 amide bonds. The molecule has 3 N–H and O–H groups in total. The molecule has 2 aromatic rings. The number of benzene rings is 1. The molecule has 1 aliphatic heterocycles. The van der Waals surface area contributed by atoms with Crippen molar-refractivity contribution in [1.82, 2.24) is 14.5 Å². The molecule has 0 radical (unpaired) electrons. The van der Waals surface area contributed by atoms with Crippen LogP contribution in [-0.4, -0.2) is 82.1 Å². The molecule has 3 rings (SSSR count). The number of aromatic amines is 1. The first-order valence-electron chi connectivity index (χ1n) is 11.3. The minimum Gasteiger partial charge on any atom is -0.482 e. The third kappa shape index (κ3) is 10.8. The lowest BCUT2D eigenvalue weighted by Gasteiger charge is -2.36. The van der Waals surface area contributed by atoms with Crippen molar-refractivity contribution in [3.8, 4) is 5.75 Å². The van der Waals surface area contributed by atoms with E-state index in [0.717, 1.165) is 16.8 Å². The zero-order chi connectivity index (χ0) is 29.2. The summed E-state index contributed by atoms with van der Waals surface area (Å²) in [7, 11) is 0. The van der Waals surface area contributed by atoms with Gasteiger partial charge < -0.3 is 24.8 Å². The first-order chi connectivity index (χ1) is 18.3. The Labute approximate surface area is 223 Å². The van der Waals surface area contributed by atoms with Crippen LogP contribution in [0.4, 0.5) is 23.2 Å². The minimum absolute atomic E-state index is 0.0592. The van der Waals surface area contributed by atoms with Gasteiger partial charge in [-0.15, -0.1) is 0 Å². The Kier molecular flexibility index (Phi) is 11.5. The lowest BCUT2D eigenvalue weighted by Crippen LogP contribution is -2.47. The molecule has 2 heterocycles. The summed E-state index contributed by atoms with van der Waals surface area (Å²) in [6, 6.07) is 3.55. The number of halogens is 5. The number of alkyl halides is 3. The number of aliphatic carboxylic acids is 2. The van der Waals surface area contributed by atoms with Gasteiger partial charge in [0.25, 0.3) is 5.56 Å². The molecule has 1 aliphatic rings. The average molecular weight is 581 g/mol. The SMILES string of the molecule is O=C(O)C=CC(=O)O.O=c1[nH]cc(Cl)c(=O)n1CCCN1CCN(c2ccc(F)cc2OCC(F)(F)F)CC1. The molecule has 16 heteroatoms. The fraction of sp³-hybridized carbons (Fsp3) is 0.391. The highest BCUT2D eigenvalue weighted by atomic mass is 35.5. The van der Waals surface area contributed by atoms with Gasteiger partial charge in [0, 0.05) is 57.1 Å². The topological polar surface area (TPSA) is 145 Å². The molecule has 214 valence electrons. The Hall–Kier alpha value is -3.85. The van der Waals surface area contributed by atoms with Crippen molar-refractivity contribution in [2.45, 2.75) is 19.1 Å². The second-order valence-corrected chi connectivity index (χ2v) is 8.51. The Morgan fingerprint density at radius 1 is 1.05 bits per heavy atom. The van der Waals surface area contributed by atoms with Crippen LogP contribution in [0.2, 0.25) is 5.02 Å². The molecule has 1 saturated heterocycles. The van der Waals surface area contributed by atoms with Gasteiger partial charge in [-0.05, 0) is 25.1 Å². The van der Waals surface area contributed by atoms with Crippen LogP contribution >= 0.6 is 11.6 Å². The molecule has 0 saturated carbocycles. The molecule has 11 nitrogen and oxygen atoms in total. The number of anilines is 1. The monoisotopic (exact) mass is 580 g/mol. The van der Waals surface area contributed by atoms with Crippen molar-refractivity contribution >= 4 is 29.2 Å². The van der Waals surface area contributed by atoms with Crippen LogP contribution in [0.5, 0.6) is 5.75 Å². The van der Waals surface area contributed by atoms with Gasteiger partial charge in [0.1, 0.15) is 16.6 Å². The molecule has 0 unspecified atom stereocenters. The van der Waals surface area contributed by atoms with Crippen LogP contribution < -0.4 is 20.9 Å². The molecule has 1 aromatic carbocycles. The number of H-pyrrole nitrogens is 1. The van der Waals surface area contributed by atoms with Gasteiger partial charge in [0.15, 0.2) is 6.61 Å². The molecule has 39 heavy (non-hydrogen) atoms. The lowest BCUT2D eigenvalue weighted by molar-refractivity contribution is -0.153. The summed E-state index contributed by atoms with van der Waals surface area (Å²) in [5.41, 5.74) is -0.665. The maximum absolute atomic E-state index is 13.5. The maximum atomic E-state index is 13.5. The highest BCUT2D eigenvalue weighted by molar-refractivity contribution is 6.30. The second-order valence-electron chi connectivity index (χ2n) is 8.11. The van der Waals surface area contributed by atoms with Crippen molar-refractivity contribution in [3.05, 3.63) is 68.2 Å². The van der Waals surface area contributed by atoms with E-state index in [4.69, 9.17) is 26.6 Å². The van der Waals surface area contributed by atoms with E-state index in [-0.39, 0.29) is 17.3 Å². The Bertz CT molecular complexity index is 1270. The van der Waals surface area contributed by atoms with Crippen LogP contribution in [0, 0.1) is 5.82 Å². The highest BCUT2D eigenvalue weighted by Crippen LogP contribution is 2.31. The Balaban J connectivity index is 0.000000580. The number of carbonyl (C=O) groups is 2. The van der Waals surface area contributed by atoms with Gasteiger partial charge in [-0.25, -0.2) is 18.8 Å². The molecule has 1 aromatic heterocycles.